The molecule has 0 N–H and O–H groups in total. The maximum Gasteiger partial charge on any atom is -0.0201 e. The van der Waals surface area contributed by atoms with Gasteiger partial charge in [0.2, 0.25) is 0 Å². The van der Waals surface area contributed by atoms with Gasteiger partial charge < -0.3 is 0 Å². The van der Waals surface area contributed by atoms with Crippen LogP contribution in [0.15, 0.2) is 11.1 Å². The maximum atomic E-state index is 2.39. The summed E-state index contributed by atoms with van der Waals surface area (Å²) in [7, 11) is 0. The maximum absolute atomic E-state index is 2.39. The molecule has 0 nitrogen and oxygen atoms in total. The van der Waals surface area contributed by atoms with Crippen LogP contribution in [0.5, 0.6) is 0 Å². The molecule has 0 amide bonds. The highest BCUT2D eigenvalue weighted by molar-refractivity contribution is 5.16. The highest BCUT2D eigenvalue weighted by atomic mass is 14.3. The summed E-state index contributed by atoms with van der Waals surface area (Å²) in [6, 6.07) is 0. The van der Waals surface area contributed by atoms with Crippen molar-refractivity contribution in [3.63, 3.8) is 0 Å². The van der Waals surface area contributed by atoms with E-state index in [4.69, 9.17) is 0 Å². The Hall–Kier alpha value is -0.260. The molecule has 70 valence electrons. The zero-order chi connectivity index (χ0) is 9.30. The molecule has 0 fully saturated rings. The third-order valence-electron chi connectivity index (χ3n) is 3.71. The topological polar surface area (TPSA) is 0 Å². The van der Waals surface area contributed by atoms with Crippen LogP contribution in [0.25, 0.3) is 0 Å². The van der Waals surface area contributed by atoms with Crippen LogP contribution in [0.4, 0.5) is 0 Å². The molecule has 0 aromatic rings. The first-order valence-electron chi connectivity index (χ1n) is 5.20. The van der Waals surface area contributed by atoms with E-state index in [0.29, 0.717) is 0 Å². The molecule has 0 saturated carbocycles. The first kappa shape index (κ1) is 9.83. The molecular formula is C12H22. The number of rotatable bonds is 1. The molecular weight excluding hydrogens is 144 g/mol. The van der Waals surface area contributed by atoms with E-state index in [0.717, 1.165) is 17.8 Å². The van der Waals surface area contributed by atoms with Crippen molar-refractivity contribution in [1.29, 1.82) is 0 Å². The molecule has 0 heterocycles. The van der Waals surface area contributed by atoms with E-state index in [9.17, 15) is 0 Å². The molecule has 1 rings (SSSR count). The Morgan fingerprint density at radius 2 is 1.83 bits per heavy atom. The van der Waals surface area contributed by atoms with Gasteiger partial charge >= 0.3 is 0 Å². The van der Waals surface area contributed by atoms with Crippen molar-refractivity contribution >= 4 is 0 Å². The highest BCUT2D eigenvalue weighted by Crippen LogP contribution is 2.37. The van der Waals surface area contributed by atoms with Gasteiger partial charge in [-0.2, -0.15) is 0 Å². The van der Waals surface area contributed by atoms with Gasteiger partial charge in [0.15, 0.2) is 0 Å². The minimum Gasteiger partial charge on any atom is -0.0741 e. The predicted octanol–water partition coefficient (Wildman–Crippen LogP) is 4.02. The molecule has 0 aliphatic heterocycles. The summed E-state index contributed by atoms with van der Waals surface area (Å²) in [6.07, 6.45) is 2.74. The molecule has 1 aliphatic carbocycles. The summed E-state index contributed by atoms with van der Waals surface area (Å²) in [4.78, 5) is 0. The molecule has 0 aromatic heterocycles. The average molecular weight is 166 g/mol. The second kappa shape index (κ2) is 3.64. The van der Waals surface area contributed by atoms with E-state index in [1.165, 1.54) is 12.8 Å². The van der Waals surface area contributed by atoms with Crippen LogP contribution in [0.3, 0.4) is 0 Å². The van der Waals surface area contributed by atoms with Crippen molar-refractivity contribution in [1.82, 2.24) is 0 Å². The molecule has 0 radical (unpaired) electrons. The van der Waals surface area contributed by atoms with Gasteiger partial charge in [0.25, 0.3) is 0 Å². The Morgan fingerprint density at radius 3 is 2.33 bits per heavy atom. The van der Waals surface area contributed by atoms with Gasteiger partial charge in [0, 0.05) is 0 Å². The minimum absolute atomic E-state index is 0.818. The summed E-state index contributed by atoms with van der Waals surface area (Å²) in [6.45, 7) is 11.7. The molecule has 0 heteroatoms. The first-order valence-corrected chi connectivity index (χ1v) is 5.20. The van der Waals surface area contributed by atoms with E-state index >= 15 is 0 Å². The standard InChI is InChI=1S/C12H22/c1-8(2)12-7-6-9(3)10(4)11(12)5/h8,11-12H,6-7H2,1-5H3. The summed E-state index contributed by atoms with van der Waals surface area (Å²) in [5.41, 5.74) is 3.29. The van der Waals surface area contributed by atoms with Crippen molar-refractivity contribution in [2.24, 2.45) is 17.8 Å². The fourth-order valence-electron chi connectivity index (χ4n) is 2.45. The van der Waals surface area contributed by atoms with E-state index in [1.807, 2.05) is 0 Å². The SMILES string of the molecule is CC1=C(C)C(C)C(C(C)C)CC1. The summed E-state index contributed by atoms with van der Waals surface area (Å²) in [5, 5.41) is 0. The second-order valence-electron chi connectivity index (χ2n) is 4.70. The first-order chi connectivity index (χ1) is 5.54. The predicted molar refractivity (Wildman–Crippen MR) is 55.1 cm³/mol. The van der Waals surface area contributed by atoms with Crippen molar-refractivity contribution in [3.05, 3.63) is 11.1 Å². The summed E-state index contributed by atoms with van der Waals surface area (Å²) in [5.74, 6) is 2.59. The van der Waals surface area contributed by atoms with Crippen LogP contribution in [-0.4, -0.2) is 0 Å². The van der Waals surface area contributed by atoms with E-state index < -0.39 is 0 Å². The Balaban J connectivity index is 2.76. The van der Waals surface area contributed by atoms with E-state index in [1.54, 1.807) is 11.1 Å². The average Bonchev–Trinajstić information content (AvgIpc) is 2.00. The lowest BCUT2D eigenvalue weighted by Crippen LogP contribution is -2.23. The molecule has 1 aliphatic rings. The van der Waals surface area contributed by atoms with E-state index in [-0.39, 0.29) is 0 Å². The Kier molecular flexibility index (Phi) is 2.98. The van der Waals surface area contributed by atoms with Gasteiger partial charge in [-0.3, -0.25) is 0 Å². The monoisotopic (exact) mass is 166 g/mol. The number of hydrogen-bond acceptors (Lipinski definition) is 0. The molecule has 0 spiro atoms. The van der Waals surface area contributed by atoms with Gasteiger partial charge in [-0.15, -0.1) is 0 Å². The van der Waals surface area contributed by atoms with Gasteiger partial charge in [0.05, 0.1) is 0 Å². The van der Waals surface area contributed by atoms with E-state index in [2.05, 4.69) is 34.6 Å². The van der Waals surface area contributed by atoms with Gasteiger partial charge in [-0.05, 0) is 44.4 Å². The lowest BCUT2D eigenvalue weighted by atomic mass is 9.72. The van der Waals surface area contributed by atoms with Gasteiger partial charge in [-0.25, -0.2) is 0 Å². The van der Waals surface area contributed by atoms with Crippen LogP contribution in [0.2, 0.25) is 0 Å². The van der Waals surface area contributed by atoms with Gasteiger partial charge in [-0.1, -0.05) is 31.9 Å². The zero-order valence-electron chi connectivity index (χ0n) is 9.15. The van der Waals surface area contributed by atoms with Crippen molar-refractivity contribution < 1.29 is 0 Å². The molecule has 12 heavy (non-hydrogen) atoms. The van der Waals surface area contributed by atoms with Gasteiger partial charge in [0.1, 0.15) is 0 Å². The largest absolute Gasteiger partial charge is 0.0741 e. The molecule has 0 bridgehead atoms. The molecule has 0 saturated heterocycles. The fourth-order valence-corrected chi connectivity index (χ4v) is 2.45. The summed E-state index contributed by atoms with van der Waals surface area (Å²) >= 11 is 0. The van der Waals surface area contributed by atoms with Crippen LogP contribution in [0.1, 0.15) is 47.5 Å². The quantitative estimate of drug-likeness (QED) is 0.516. The van der Waals surface area contributed by atoms with Crippen molar-refractivity contribution in [2.75, 3.05) is 0 Å². The number of allylic oxidation sites excluding steroid dienone is 2. The lowest BCUT2D eigenvalue weighted by molar-refractivity contribution is 0.266. The Morgan fingerprint density at radius 1 is 1.25 bits per heavy atom. The third kappa shape index (κ3) is 1.73. The Bertz CT molecular complexity index is 186. The highest BCUT2D eigenvalue weighted by Gasteiger charge is 2.26. The molecule has 0 aromatic carbocycles. The molecule has 2 atom stereocenters. The van der Waals surface area contributed by atoms with Crippen molar-refractivity contribution in [3.8, 4) is 0 Å². The minimum atomic E-state index is 0.818. The third-order valence-corrected chi connectivity index (χ3v) is 3.71. The number of hydrogen-bond donors (Lipinski definition) is 0. The van der Waals surface area contributed by atoms with Crippen LogP contribution >= 0.6 is 0 Å². The Labute approximate surface area is 77.1 Å². The normalized spacial score (nSPS) is 31.5. The zero-order valence-corrected chi connectivity index (χ0v) is 9.15. The van der Waals surface area contributed by atoms with Crippen LogP contribution in [0, 0.1) is 17.8 Å². The smallest absolute Gasteiger partial charge is 0.0201 e. The lowest BCUT2D eigenvalue weighted by Gasteiger charge is -2.33. The van der Waals surface area contributed by atoms with Crippen molar-refractivity contribution in [2.45, 2.75) is 47.5 Å². The molecule has 2 unspecified atom stereocenters. The summed E-state index contributed by atoms with van der Waals surface area (Å²) < 4.78 is 0. The fraction of sp³-hybridized carbons (Fsp3) is 0.833. The van der Waals surface area contributed by atoms with Crippen LogP contribution < -0.4 is 0 Å². The second-order valence-corrected chi connectivity index (χ2v) is 4.70. The van der Waals surface area contributed by atoms with Crippen LogP contribution in [-0.2, 0) is 0 Å².